The molecule has 4 rings (SSSR count). The molecule has 1 aliphatic carbocycles. The van der Waals surface area contributed by atoms with Crippen molar-refractivity contribution < 1.29 is 13.7 Å². The number of nitrogens with one attached hydrogen (secondary N) is 1. The van der Waals surface area contributed by atoms with Crippen LogP contribution in [0, 0.1) is 0 Å². The summed E-state index contributed by atoms with van der Waals surface area (Å²) in [7, 11) is 0. The molecule has 1 amide bonds. The Morgan fingerprint density at radius 3 is 2.65 bits per heavy atom. The van der Waals surface area contributed by atoms with Gasteiger partial charge in [0.25, 0.3) is 0 Å². The fourth-order valence-electron chi connectivity index (χ4n) is 2.71. The molecule has 2 heterocycles. The summed E-state index contributed by atoms with van der Waals surface area (Å²) in [6.45, 7) is 0.518. The van der Waals surface area contributed by atoms with Gasteiger partial charge in [0.1, 0.15) is 0 Å². The van der Waals surface area contributed by atoms with E-state index in [0.717, 1.165) is 18.4 Å². The Balaban J connectivity index is 1.48. The molecule has 5 nitrogen and oxygen atoms in total. The summed E-state index contributed by atoms with van der Waals surface area (Å²) in [6, 6.07) is 15.3. The second-order valence-corrected chi connectivity index (χ2v) is 5.80. The summed E-state index contributed by atoms with van der Waals surface area (Å²) in [5.41, 5.74) is 1.20. The number of benzene rings is 1. The van der Waals surface area contributed by atoms with Gasteiger partial charge >= 0.3 is 0 Å². The molecule has 0 spiro atoms. The molecule has 1 aliphatic rings. The monoisotopic (exact) mass is 308 g/mol. The Morgan fingerprint density at radius 2 is 1.96 bits per heavy atom. The van der Waals surface area contributed by atoms with Crippen molar-refractivity contribution in [2.45, 2.75) is 24.8 Å². The van der Waals surface area contributed by atoms with Gasteiger partial charge in [0, 0.05) is 12.6 Å². The van der Waals surface area contributed by atoms with Crippen LogP contribution in [0.25, 0.3) is 11.5 Å². The first kappa shape index (κ1) is 13.8. The van der Waals surface area contributed by atoms with Crippen molar-refractivity contribution >= 4 is 5.91 Å². The van der Waals surface area contributed by atoms with Crippen molar-refractivity contribution in [3.63, 3.8) is 0 Å². The van der Waals surface area contributed by atoms with Gasteiger partial charge in [-0.1, -0.05) is 35.5 Å². The lowest BCUT2D eigenvalue weighted by atomic mass is 10.0. The topological polar surface area (TPSA) is 68.3 Å². The molecule has 1 fully saturated rings. The summed E-state index contributed by atoms with van der Waals surface area (Å²) in [4.78, 5) is 12.6. The van der Waals surface area contributed by atoms with E-state index in [0.29, 0.717) is 23.8 Å². The minimum Gasteiger partial charge on any atom is -0.461 e. The van der Waals surface area contributed by atoms with Crippen LogP contribution in [0.3, 0.4) is 0 Å². The van der Waals surface area contributed by atoms with E-state index in [1.165, 1.54) is 0 Å². The Bertz CT molecular complexity index is 802. The van der Waals surface area contributed by atoms with E-state index in [1.807, 2.05) is 30.3 Å². The van der Waals surface area contributed by atoms with Crippen molar-refractivity contribution in [1.29, 1.82) is 0 Å². The van der Waals surface area contributed by atoms with Crippen LogP contribution in [0.4, 0.5) is 0 Å². The van der Waals surface area contributed by atoms with Crippen LogP contribution in [0.15, 0.2) is 63.7 Å². The quantitative estimate of drug-likeness (QED) is 0.785. The van der Waals surface area contributed by atoms with E-state index in [2.05, 4.69) is 10.5 Å². The zero-order valence-corrected chi connectivity index (χ0v) is 12.5. The molecule has 0 saturated heterocycles. The summed E-state index contributed by atoms with van der Waals surface area (Å²) in [5.74, 6) is 1.16. The molecule has 0 aliphatic heterocycles. The first-order valence-corrected chi connectivity index (χ1v) is 7.61. The van der Waals surface area contributed by atoms with E-state index >= 15 is 0 Å². The molecule has 1 saturated carbocycles. The lowest BCUT2D eigenvalue weighted by Crippen LogP contribution is -2.34. The van der Waals surface area contributed by atoms with E-state index in [-0.39, 0.29) is 5.91 Å². The average molecular weight is 308 g/mol. The van der Waals surface area contributed by atoms with E-state index in [4.69, 9.17) is 8.94 Å². The summed E-state index contributed by atoms with van der Waals surface area (Å²) < 4.78 is 10.6. The molecule has 5 heteroatoms. The first-order chi connectivity index (χ1) is 11.3. The fraction of sp³-hybridized carbons (Fsp3) is 0.222. The van der Waals surface area contributed by atoms with Crippen LogP contribution in [0.5, 0.6) is 0 Å². The third-order valence-electron chi connectivity index (χ3n) is 4.25. The van der Waals surface area contributed by atoms with Crippen LogP contribution in [0.1, 0.15) is 24.1 Å². The molecule has 1 N–H and O–H groups in total. The third-order valence-corrected chi connectivity index (χ3v) is 4.25. The van der Waals surface area contributed by atoms with Crippen molar-refractivity contribution in [2.75, 3.05) is 0 Å². The second kappa shape index (κ2) is 5.43. The van der Waals surface area contributed by atoms with E-state index in [9.17, 15) is 4.79 Å². The van der Waals surface area contributed by atoms with Crippen LogP contribution in [-0.2, 0) is 16.8 Å². The highest BCUT2D eigenvalue weighted by Gasteiger charge is 2.53. The molecule has 0 bridgehead atoms. The van der Waals surface area contributed by atoms with Crippen LogP contribution >= 0.6 is 0 Å². The third kappa shape index (κ3) is 2.54. The molecular formula is C18H16N2O3. The first-order valence-electron chi connectivity index (χ1n) is 7.61. The Kier molecular flexibility index (Phi) is 3.26. The number of rotatable bonds is 5. The average Bonchev–Trinajstić information content (AvgIpc) is 3.02. The van der Waals surface area contributed by atoms with Gasteiger partial charge in [-0.05, 0) is 30.5 Å². The molecular weight excluding hydrogens is 292 g/mol. The number of hydrogen-bond donors (Lipinski definition) is 1. The number of amides is 1. The summed E-state index contributed by atoms with van der Waals surface area (Å²) >= 11 is 0. The largest absolute Gasteiger partial charge is 0.461 e. The van der Waals surface area contributed by atoms with Gasteiger partial charge in [0.15, 0.2) is 5.76 Å². The summed E-state index contributed by atoms with van der Waals surface area (Å²) in [5, 5.41) is 7.09. The van der Waals surface area contributed by atoms with E-state index < -0.39 is 5.41 Å². The van der Waals surface area contributed by atoms with Crippen molar-refractivity contribution in [2.24, 2.45) is 0 Å². The SMILES string of the molecule is O=C(NCc1ccccc1)C1(c2cc(-c3ccco3)on2)CC1. The smallest absolute Gasteiger partial charge is 0.232 e. The molecule has 0 radical (unpaired) electrons. The zero-order valence-electron chi connectivity index (χ0n) is 12.5. The highest BCUT2D eigenvalue weighted by atomic mass is 16.5. The van der Waals surface area contributed by atoms with Gasteiger partial charge < -0.3 is 14.3 Å². The van der Waals surface area contributed by atoms with Crippen LogP contribution in [0.2, 0.25) is 0 Å². The lowest BCUT2D eigenvalue weighted by Gasteiger charge is -2.12. The van der Waals surface area contributed by atoms with Crippen molar-refractivity contribution in [3.8, 4) is 11.5 Å². The van der Waals surface area contributed by atoms with Crippen LogP contribution < -0.4 is 5.32 Å². The Morgan fingerprint density at radius 1 is 1.13 bits per heavy atom. The van der Waals surface area contributed by atoms with E-state index in [1.54, 1.807) is 24.5 Å². The molecule has 0 atom stereocenters. The maximum Gasteiger partial charge on any atom is 0.232 e. The normalized spacial score (nSPS) is 15.3. The van der Waals surface area contributed by atoms with Gasteiger partial charge in [-0.25, -0.2) is 0 Å². The number of nitrogens with zero attached hydrogens (tertiary/aromatic N) is 1. The van der Waals surface area contributed by atoms with Gasteiger partial charge in [-0.3, -0.25) is 4.79 Å². The molecule has 2 aromatic heterocycles. The van der Waals surface area contributed by atoms with Gasteiger partial charge in [0.2, 0.25) is 11.7 Å². The second-order valence-electron chi connectivity index (χ2n) is 5.80. The number of carbonyl (C=O) groups is 1. The van der Waals surface area contributed by atoms with Gasteiger partial charge in [-0.15, -0.1) is 0 Å². The Labute approximate surface area is 133 Å². The van der Waals surface area contributed by atoms with Gasteiger partial charge in [-0.2, -0.15) is 0 Å². The van der Waals surface area contributed by atoms with Crippen molar-refractivity contribution in [1.82, 2.24) is 10.5 Å². The predicted molar refractivity (Wildman–Crippen MR) is 83.4 cm³/mol. The lowest BCUT2D eigenvalue weighted by molar-refractivity contribution is -0.123. The predicted octanol–water partition coefficient (Wildman–Crippen LogP) is 3.28. The minimum atomic E-state index is -0.552. The molecule has 3 aromatic rings. The minimum absolute atomic E-state index is 0.000600. The number of carbonyl (C=O) groups excluding carboxylic acids is 1. The van der Waals surface area contributed by atoms with Crippen molar-refractivity contribution in [3.05, 3.63) is 66.1 Å². The summed E-state index contributed by atoms with van der Waals surface area (Å²) in [6.07, 6.45) is 3.16. The Hall–Kier alpha value is -2.82. The zero-order chi connectivity index (χ0) is 15.7. The molecule has 23 heavy (non-hydrogen) atoms. The highest BCUT2D eigenvalue weighted by molar-refractivity contribution is 5.90. The molecule has 1 aromatic carbocycles. The highest BCUT2D eigenvalue weighted by Crippen LogP contribution is 2.48. The fourth-order valence-corrected chi connectivity index (χ4v) is 2.71. The number of furan rings is 1. The number of aromatic nitrogens is 1. The maximum absolute atomic E-state index is 12.6. The van der Waals surface area contributed by atoms with Crippen LogP contribution in [-0.4, -0.2) is 11.1 Å². The maximum atomic E-state index is 12.6. The number of hydrogen-bond acceptors (Lipinski definition) is 4. The standard InChI is InChI=1S/C18H16N2O3/c21-17(19-12-13-5-2-1-3-6-13)18(8-9-18)16-11-15(23-20-16)14-7-4-10-22-14/h1-7,10-11H,8-9,12H2,(H,19,21). The van der Waals surface area contributed by atoms with Gasteiger partial charge in [0.05, 0.1) is 17.4 Å². The molecule has 0 unspecified atom stereocenters. The molecule has 116 valence electrons.